The van der Waals surface area contributed by atoms with Crippen LogP contribution in [0.2, 0.25) is 0 Å². The standard InChI is InChI=1S/C26H24N2O3/c1-17-8-7-11-23(16-17)19(3)30-26(29)27-24-18(2)28-31-25(24)22-14-12-21(13-15-22)20-9-5-4-6-10-20/h4-16,19H,1-3H3,(H,27,29)/t19-/m1/s1. The molecular formula is C26H24N2O3. The number of ether oxygens (including phenoxy) is 1. The highest BCUT2D eigenvalue weighted by Gasteiger charge is 2.20. The monoisotopic (exact) mass is 412 g/mol. The zero-order chi connectivity index (χ0) is 21.8. The first-order chi connectivity index (χ1) is 15.0. The molecule has 0 saturated heterocycles. The van der Waals surface area contributed by atoms with Crippen LogP contribution in [0.25, 0.3) is 22.5 Å². The third-order valence-corrected chi connectivity index (χ3v) is 5.14. The third-order valence-electron chi connectivity index (χ3n) is 5.14. The number of hydrogen-bond donors (Lipinski definition) is 1. The first kappa shape index (κ1) is 20.4. The maximum absolute atomic E-state index is 12.6. The Morgan fingerprint density at radius 3 is 2.29 bits per heavy atom. The maximum Gasteiger partial charge on any atom is 0.412 e. The van der Waals surface area contributed by atoms with Crippen LogP contribution in [0.15, 0.2) is 83.4 Å². The van der Waals surface area contributed by atoms with Crippen molar-refractivity contribution >= 4 is 11.8 Å². The molecule has 156 valence electrons. The van der Waals surface area contributed by atoms with E-state index in [0.29, 0.717) is 17.1 Å². The topological polar surface area (TPSA) is 64.4 Å². The number of carbonyl (C=O) groups excluding carboxylic acids is 1. The van der Waals surface area contributed by atoms with E-state index in [0.717, 1.165) is 27.8 Å². The largest absolute Gasteiger partial charge is 0.441 e. The second kappa shape index (κ2) is 8.88. The Labute approximate surface area is 181 Å². The summed E-state index contributed by atoms with van der Waals surface area (Å²) in [5, 5.41) is 6.83. The normalized spacial score (nSPS) is 11.7. The molecule has 0 unspecified atom stereocenters. The van der Waals surface area contributed by atoms with Crippen LogP contribution in [0.4, 0.5) is 10.5 Å². The SMILES string of the molecule is Cc1cccc([C@@H](C)OC(=O)Nc2c(C)noc2-c2ccc(-c3ccccc3)cc2)c1. The number of hydrogen-bond acceptors (Lipinski definition) is 4. The smallest absolute Gasteiger partial charge is 0.412 e. The summed E-state index contributed by atoms with van der Waals surface area (Å²) in [7, 11) is 0. The van der Waals surface area contributed by atoms with Gasteiger partial charge in [0.2, 0.25) is 0 Å². The van der Waals surface area contributed by atoms with Crippen molar-refractivity contribution in [1.29, 1.82) is 0 Å². The summed E-state index contributed by atoms with van der Waals surface area (Å²) in [6.07, 6.45) is -0.934. The fourth-order valence-electron chi connectivity index (χ4n) is 3.44. The second-order valence-electron chi connectivity index (χ2n) is 7.50. The Morgan fingerprint density at radius 1 is 0.903 bits per heavy atom. The van der Waals surface area contributed by atoms with Crippen LogP contribution in [0, 0.1) is 13.8 Å². The molecule has 0 aliphatic heterocycles. The molecule has 4 aromatic rings. The highest BCUT2D eigenvalue weighted by molar-refractivity contribution is 5.91. The predicted octanol–water partition coefficient (Wildman–Crippen LogP) is 6.94. The van der Waals surface area contributed by atoms with Gasteiger partial charge in [0.05, 0.1) is 0 Å². The van der Waals surface area contributed by atoms with E-state index >= 15 is 0 Å². The van der Waals surface area contributed by atoms with Gasteiger partial charge in [-0.05, 0) is 37.5 Å². The molecule has 0 bridgehead atoms. The van der Waals surface area contributed by atoms with E-state index in [1.54, 1.807) is 6.92 Å². The second-order valence-corrected chi connectivity index (χ2v) is 7.50. The number of amides is 1. The Bertz CT molecular complexity index is 1180. The molecule has 0 spiro atoms. The highest BCUT2D eigenvalue weighted by Crippen LogP contribution is 2.33. The van der Waals surface area contributed by atoms with Crippen molar-refractivity contribution in [1.82, 2.24) is 5.16 Å². The van der Waals surface area contributed by atoms with E-state index < -0.39 is 6.09 Å². The molecule has 0 aliphatic carbocycles. The van der Waals surface area contributed by atoms with Gasteiger partial charge in [-0.3, -0.25) is 5.32 Å². The van der Waals surface area contributed by atoms with Crippen molar-refractivity contribution in [2.75, 3.05) is 5.32 Å². The van der Waals surface area contributed by atoms with Gasteiger partial charge in [-0.2, -0.15) is 0 Å². The van der Waals surface area contributed by atoms with Gasteiger partial charge in [0.1, 0.15) is 17.5 Å². The third kappa shape index (κ3) is 4.67. The van der Waals surface area contributed by atoms with E-state index in [-0.39, 0.29) is 6.10 Å². The molecule has 1 N–H and O–H groups in total. The fraction of sp³-hybridized carbons (Fsp3) is 0.154. The van der Waals surface area contributed by atoms with E-state index in [2.05, 4.69) is 22.6 Å². The number of nitrogens with one attached hydrogen (secondary N) is 1. The van der Waals surface area contributed by atoms with E-state index in [9.17, 15) is 4.79 Å². The molecule has 5 heteroatoms. The predicted molar refractivity (Wildman–Crippen MR) is 122 cm³/mol. The molecule has 1 aromatic heterocycles. The molecule has 1 atom stereocenters. The molecule has 3 aromatic carbocycles. The van der Waals surface area contributed by atoms with E-state index in [1.165, 1.54) is 0 Å². The average Bonchev–Trinajstić information content (AvgIpc) is 3.14. The molecule has 0 fully saturated rings. The number of anilines is 1. The quantitative estimate of drug-likeness (QED) is 0.386. The van der Waals surface area contributed by atoms with Gasteiger partial charge in [-0.1, -0.05) is 89.6 Å². The zero-order valence-corrected chi connectivity index (χ0v) is 17.8. The molecule has 0 saturated carbocycles. The van der Waals surface area contributed by atoms with Crippen LogP contribution in [0.1, 0.15) is 29.8 Å². The number of aromatic nitrogens is 1. The van der Waals surface area contributed by atoms with Crippen LogP contribution in [0.5, 0.6) is 0 Å². The van der Waals surface area contributed by atoms with Crippen molar-refractivity contribution in [2.24, 2.45) is 0 Å². The molecule has 1 heterocycles. The van der Waals surface area contributed by atoms with Crippen molar-refractivity contribution in [3.63, 3.8) is 0 Å². The average molecular weight is 412 g/mol. The van der Waals surface area contributed by atoms with Gasteiger partial charge in [-0.25, -0.2) is 4.79 Å². The minimum Gasteiger partial charge on any atom is -0.441 e. The lowest BCUT2D eigenvalue weighted by atomic mass is 10.0. The molecule has 0 aliphatic rings. The summed E-state index contributed by atoms with van der Waals surface area (Å²) in [6.45, 7) is 5.63. The minimum absolute atomic E-state index is 0.381. The van der Waals surface area contributed by atoms with Crippen molar-refractivity contribution in [2.45, 2.75) is 26.9 Å². The minimum atomic E-state index is -0.553. The van der Waals surface area contributed by atoms with Crippen molar-refractivity contribution in [3.05, 3.63) is 95.7 Å². The molecular weight excluding hydrogens is 388 g/mol. The lowest BCUT2D eigenvalue weighted by Crippen LogP contribution is -2.16. The van der Waals surface area contributed by atoms with Gasteiger partial charge in [-0.15, -0.1) is 0 Å². The van der Waals surface area contributed by atoms with Crippen LogP contribution in [-0.2, 0) is 4.74 Å². The first-order valence-electron chi connectivity index (χ1n) is 10.2. The van der Waals surface area contributed by atoms with Gasteiger partial charge < -0.3 is 9.26 Å². The highest BCUT2D eigenvalue weighted by atomic mass is 16.6. The van der Waals surface area contributed by atoms with Gasteiger partial charge in [0.15, 0.2) is 5.76 Å². The lowest BCUT2D eigenvalue weighted by Gasteiger charge is -2.15. The number of aryl methyl sites for hydroxylation is 2. The lowest BCUT2D eigenvalue weighted by molar-refractivity contribution is 0.121. The van der Waals surface area contributed by atoms with Gasteiger partial charge in [0.25, 0.3) is 0 Å². The zero-order valence-electron chi connectivity index (χ0n) is 17.8. The summed E-state index contributed by atoms with van der Waals surface area (Å²) in [4.78, 5) is 12.6. The summed E-state index contributed by atoms with van der Waals surface area (Å²) < 4.78 is 11.1. The molecule has 1 amide bonds. The van der Waals surface area contributed by atoms with E-state index in [1.807, 2.05) is 80.6 Å². The van der Waals surface area contributed by atoms with E-state index in [4.69, 9.17) is 9.26 Å². The van der Waals surface area contributed by atoms with Gasteiger partial charge >= 0.3 is 6.09 Å². The Balaban J connectivity index is 1.50. The summed E-state index contributed by atoms with van der Waals surface area (Å²) in [5.41, 5.74) is 6.20. The van der Waals surface area contributed by atoms with Crippen LogP contribution >= 0.6 is 0 Å². The maximum atomic E-state index is 12.6. The van der Waals surface area contributed by atoms with Gasteiger partial charge in [0, 0.05) is 5.56 Å². The number of benzene rings is 3. The van der Waals surface area contributed by atoms with Crippen LogP contribution in [0.3, 0.4) is 0 Å². The molecule has 4 rings (SSSR count). The number of nitrogens with zero attached hydrogens (tertiary/aromatic N) is 1. The first-order valence-corrected chi connectivity index (χ1v) is 10.2. The van der Waals surface area contributed by atoms with Crippen LogP contribution in [-0.4, -0.2) is 11.2 Å². The van der Waals surface area contributed by atoms with Crippen molar-refractivity contribution < 1.29 is 14.1 Å². The number of rotatable bonds is 5. The summed E-state index contributed by atoms with van der Waals surface area (Å²) in [6, 6.07) is 26.0. The van der Waals surface area contributed by atoms with Crippen molar-refractivity contribution in [3.8, 4) is 22.5 Å². The van der Waals surface area contributed by atoms with Crippen LogP contribution < -0.4 is 5.32 Å². The summed E-state index contributed by atoms with van der Waals surface area (Å²) >= 11 is 0. The number of carbonyl (C=O) groups is 1. The summed E-state index contributed by atoms with van der Waals surface area (Å²) in [5.74, 6) is 0.497. The Morgan fingerprint density at radius 2 is 1.58 bits per heavy atom. The fourth-order valence-corrected chi connectivity index (χ4v) is 3.44. The molecule has 31 heavy (non-hydrogen) atoms. The molecule has 0 radical (unpaired) electrons. The Hall–Kier alpha value is -3.86. The molecule has 5 nitrogen and oxygen atoms in total. The Kier molecular flexibility index (Phi) is 5.85.